The molecule has 0 radical (unpaired) electrons. The molecule has 0 spiro atoms. The second-order valence-electron chi connectivity index (χ2n) is 7.26. The van der Waals surface area contributed by atoms with Gasteiger partial charge in [-0.25, -0.2) is 9.59 Å². The van der Waals surface area contributed by atoms with E-state index in [2.05, 4.69) is 0 Å². The first-order chi connectivity index (χ1) is 13.3. The molecule has 2 N–H and O–H groups in total. The third-order valence-electron chi connectivity index (χ3n) is 4.60. The minimum atomic E-state index is -1.22. The first-order valence-corrected chi connectivity index (χ1v) is 9.65. The number of hydrogen-bond acceptors (Lipinski definition) is 7. The van der Waals surface area contributed by atoms with Crippen LogP contribution in [0.1, 0.15) is 46.5 Å². The molecule has 2 aliphatic heterocycles. The van der Waals surface area contributed by atoms with Gasteiger partial charge in [-0.2, -0.15) is 0 Å². The van der Waals surface area contributed by atoms with Gasteiger partial charge in [0.25, 0.3) is 0 Å². The van der Waals surface area contributed by atoms with E-state index < -0.39 is 29.9 Å². The first-order valence-electron chi connectivity index (χ1n) is 9.65. The van der Waals surface area contributed by atoms with Gasteiger partial charge in [-0.05, 0) is 32.4 Å². The molecule has 0 saturated carbocycles. The fourth-order valence-corrected chi connectivity index (χ4v) is 2.76. The fraction of sp³-hybridized carbons (Fsp3) is 0.700. The van der Waals surface area contributed by atoms with Crippen LogP contribution in [0.2, 0.25) is 0 Å². The Bertz CT molecular complexity index is 618. The SMILES string of the molecule is CCCCCC(O)OC(=O)C(C)=CC(C=C(C)C(=O)O)(OCC1CO1)C1CO1. The fourth-order valence-electron chi connectivity index (χ4n) is 2.76. The zero-order valence-electron chi connectivity index (χ0n) is 16.7. The van der Waals surface area contributed by atoms with Crippen molar-refractivity contribution in [2.24, 2.45) is 0 Å². The summed E-state index contributed by atoms with van der Waals surface area (Å²) in [6.07, 6.45) is 4.42. The van der Waals surface area contributed by atoms with Gasteiger partial charge in [0.1, 0.15) is 17.8 Å². The predicted molar refractivity (Wildman–Crippen MR) is 99.6 cm³/mol. The Morgan fingerprint density at radius 3 is 2.36 bits per heavy atom. The van der Waals surface area contributed by atoms with E-state index in [0.29, 0.717) is 19.6 Å². The van der Waals surface area contributed by atoms with E-state index >= 15 is 0 Å². The lowest BCUT2D eigenvalue weighted by Gasteiger charge is -2.27. The number of carboxylic acids is 1. The number of unbranched alkanes of at least 4 members (excludes halogenated alkanes) is 2. The number of ether oxygens (including phenoxy) is 4. The summed E-state index contributed by atoms with van der Waals surface area (Å²) in [7, 11) is 0. The number of epoxide rings is 2. The van der Waals surface area contributed by atoms with Gasteiger partial charge in [0.15, 0.2) is 0 Å². The van der Waals surface area contributed by atoms with Gasteiger partial charge in [-0.3, -0.25) is 0 Å². The van der Waals surface area contributed by atoms with Crippen LogP contribution in [-0.2, 0) is 28.5 Å². The normalized spacial score (nSPS) is 25.0. The minimum absolute atomic E-state index is 0.0438. The van der Waals surface area contributed by atoms with Crippen LogP contribution >= 0.6 is 0 Å². The van der Waals surface area contributed by atoms with Gasteiger partial charge in [0, 0.05) is 17.6 Å². The molecule has 2 heterocycles. The number of carbonyl (C=O) groups is 2. The van der Waals surface area contributed by atoms with Crippen LogP contribution in [0, 0.1) is 0 Å². The van der Waals surface area contributed by atoms with Crippen LogP contribution in [-0.4, -0.2) is 66.1 Å². The van der Waals surface area contributed by atoms with E-state index in [1.165, 1.54) is 19.1 Å². The third kappa shape index (κ3) is 7.01. The van der Waals surface area contributed by atoms with Gasteiger partial charge < -0.3 is 29.2 Å². The van der Waals surface area contributed by atoms with Crippen molar-refractivity contribution in [3.63, 3.8) is 0 Å². The van der Waals surface area contributed by atoms with Crippen molar-refractivity contribution in [3.8, 4) is 0 Å². The highest BCUT2D eigenvalue weighted by molar-refractivity contribution is 5.89. The maximum absolute atomic E-state index is 12.4. The van der Waals surface area contributed by atoms with Crippen molar-refractivity contribution >= 4 is 11.9 Å². The number of aliphatic hydroxyl groups is 1. The number of esters is 1. The highest BCUT2D eigenvalue weighted by Gasteiger charge is 2.47. The molecule has 8 heteroatoms. The summed E-state index contributed by atoms with van der Waals surface area (Å²) in [4.78, 5) is 23.7. The van der Waals surface area contributed by atoms with Crippen LogP contribution < -0.4 is 0 Å². The number of carbonyl (C=O) groups excluding carboxylic acids is 1. The molecule has 4 unspecified atom stereocenters. The Hall–Kier alpha value is -1.74. The highest BCUT2D eigenvalue weighted by atomic mass is 16.6. The van der Waals surface area contributed by atoms with Crippen molar-refractivity contribution in [1.29, 1.82) is 0 Å². The van der Waals surface area contributed by atoms with Crippen molar-refractivity contribution in [2.45, 2.75) is 70.6 Å². The van der Waals surface area contributed by atoms with Crippen LogP contribution in [0.15, 0.2) is 23.3 Å². The molecule has 0 aromatic rings. The second kappa shape index (κ2) is 10.2. The maximum Gasteiger partial charge on any atom is 0.335 e. The van der Waals surface area contributed by atoms with Gasteiger partial charge >= 0.3 is 11.9 Å². The van der Waals surface area contributed by atoms with Crippen molar-refractivity contribution in [2.75, 3.05) is 19.8 Å². The molecule has 2 rings (SSSR count). The number of aliphatic carboxylic acids is 1. The topological polar surface area (TPSA) is 118 Å². The van der Waals surface area contributed by atoms with Crippen molar-refractivity contribution in [3.05, 3.63) is 23.3 Å². The summed E-state index contributed by atoms with van der Waals surface area (Å²) in [6.45, 7) is 6.26. The van der Waals surface area contributed by atoms with Crippen LogP contribution in [0.25, 0.3) is 0 Å². The third-order valence-corrected chi connectivity index (χ3v) is 4.60. The van der Waals surface area contributed by atoms with E-state index in [9.17, 15) is 19.8 Å². The second-order valence-corrected chi connectivity index (χ2v) is 7.26. The van der Waals surface area contributed by atoms with E-state index in [1.807, 2.05) is 6.92 Å². The van der Waals surface area contributed by atoms with Crippen LogP contribution in [0.3, 0.4) is 0 Å². The van der Waals surface area contributed by atoms with E-state index in [4.69, 9.17) is 18.9 Å². The standard InChI is InChI=1S/C20H30O8/c1-4-5-6-7-17(21)28-19(24)14(3)9-20(16-12-26-16,8-13(2)18(22)23)27-11-15-10-25-15/h8-9,15-17,21H,4-7,10-12H2,1-3H3,(H,22,23). The molecule has 28 heavy (non-hydrogen) atoms. The van der Waals surface area contributed by atoms with Gasteiger partial charge in [-0.15, -0.1) is 0 Å². The summed E-state index contributed by atoms with van der Waals surface area (Å²) in [5.74, 6) is -1.77. The molecular weight excluding hydrogens is 368 g/mol. The zero-order chi connectivity index (χ0) is 20.7. The average Bonchev–Trinajstić information content (AvgIpc) is 3.53. The lowest BCUT2D eigenvalue weighted by molar-refractivity contribution is -0.164. The first kappa shape index (κ1) is 22.5. The van der Waals surface area contributed by atoms with Crippen LogP contribution in [0.5, 0.6) is 0 Å². The predicted octanol–water partition coefficient (Wildman–Crippen LogP) is 1.96. The number of hydrogen-bond donors (Lipinski definition) is 2. The van der Waals surface area contributed by atoms with Gasteiger partial charge in [0.05, 0.1) is 19.8 Å². The summed E-state index contributed by atoms with van der Waals surface area (Å²) < 4.78 is 21.6. The molecule has 0 amide bonds. The molecule has 0 aliphatic carbocycles. The lowest BCUT2D eigenvalue weighted by atomic mass is 9.93. The average molecular weight is 398 g/mol. The maximum atomic E-state index is 12.4. The van der Waals surface area contributed by atoms with E-state index in [0.717, 1.165) is 19.3 Å². The Balaban J connectivity index is 2.15. The highest BCUT2D eigenvalue weighted by Crippen LogP contribution is 2.34. The number of rotatable bonds is 13. The molecule has 0 aromatic heterocycles. The molecule has 8 nitrogen and oxygen atoms in total. The molecule has 0 aromatic carbocycles. The zero-order valence-corrected chi connectivity index (χ0v) is 16.7. The van der Waals surface area contributed by atoms with E-state index in [1.54, 1.807) is 6.92 Å². The quantitative estimate of drug-likeness (QED) is 0.159. The number of aliphatic hydroxyl groups excluding tert-OH is 1. The summed E-state index contributed by atoms with van der Waals surface area (Å²) in [5, 5.41) is 19.2. The molecule has 2 fully saturated rings. The molecule has 158 valence electrons. The van der Waals surface area contributed by atoms with Gasteiger partial charge in [-0.1, -0.05) is 19.8 Å². The molecular formula is C20H30O8. The van der Waals surface area contributed by atoms with Crippen molar-refractivity contribution in [1.82, 2.24) is 0 Å². The molecule has 2 saturated heterocycles. The number of carboxylic acid groups (broad SMARTS) is 1. The summed E-state index contributed by atoms with van der Waals surface area (Å²) >= 11 is 0. The smallest absolute Gasteiger partial charge is 0.335 e. The molecule has 2 aliphatic rings. The Morgan fingerprint density at radius 1 is 1.18 bits per heavy atom. The monoisotopic (exact) mass is 398 g/mol. The van der Waals surface area contributed by atoms with Crippen molar-refractivity contribution < 1.29 is 38.7 Å². The molecule has 0 bridgehead atoms. The summed E-state index contributed by atoms with van der Waals surface area (Å²) in [6, 6.07) is 0. The molecule has 4 atom stereocenters. The van der Waals surface area contributed by atoms with E-state index in [-0.39, 0.29) is 23.9 Å². The minimum Gasteiger partial charge on any atom is -0.478 e. The largest absolute Gasteiger partial charge is 0.478 e. The van der Waals surface area contributed by atoms with Crippen LogP contribution in [0.4, 0.5) is 0 Å². The summed E-state index contributed by atoms with van der Waals surface area (Å²) in [5.41, 5.74) is -0.939. The lowest BCUT2D eigenvalue weighted by Crippen LogP contribution is -2.38. The Morgan fingerprint density at radius 2 is 1.82 bits per heavy atom. The Labute approximate surface area is 165 Å². The Kier molecular flexibility index (Phi) is 8.18. The van der Waals surface area contributed by atoms with Gasteiger partial charge in [0.2, 0.25) is 6.29 Å².